The second-order valence-corrected chi connectivity index (χ2v) is 4.68. The Balaban J connectivity index is 1.97. The van der Waals surface area contributed by atoms with Crippen molar-refractivity contribution in [3.05, 3.63) is 35.4 Å². The van der Waals surface area contributed by atoms with Crippen molar-refractivity contribution >= 4 is 25.5 Å². The van der Waals surface area contributed by atoms with Crippen molar-refractivity contribution in [2.24, 2.45) is 0 Å². The molecule has 1 radical (unpaired) electrons. The summed E-state index contributed by atoms with van der Waals surface area (Å²) in [4.78, 5) is 37.7. The maximum absolute atomic E-state index is 12.3. The van der Waals surface area contributed by atoms with E-state index in [1.807, 2.05) is 4.81 Å². The van der Waals surface area contributed by atoms with Crippen LogP contribution in [-0.2, 0) is 9.53 Å². The van der Waals surface area contributed by atoms with Crippen molar-refractivity contribution < 1.29 is 19.1 Å². The van der Waals surface area contributed by atoms with Crippen LogP contribution in [0.3, 0.4) is 0 Å². The summed E-state index contributed by atoms with van der Waals surface area (Å²) >= 11 is 0. The molecule has 0 aromatic heterocycles. The number of carbonyl (C=O) groups excluding carboxylic acids is 3. The van der Waals surface area contributed by atoms with E-state index in [1.165, 1.54) is 14.5 Å². The summed E-state index contributed by atoms with van der Waals surface area (Å²) in [5.74, 6) is -0.496. The van der Waals surface area contributed by atoms with Crippen LogP contribution in [0.15, 0.2) is 24.3 Å². The SMILES string of the molecule is COC(=O)c1ccc(C(=O)N2CCN([B]C=O)CC2)cc1. The minimum atomic E-state index is -0.424. The lowest BCUT2D eigenvalue weighted by Crippen LogP contribution is -2.50. The van der Waals surface area contributed by atoms with E-state index in [2.05, 4.69) is 4.74 Å². The molecule has 0 saturated carbocycles. The number of hydrogen-bond donors (Lipinski definition) is 0. The number of carbonyl (C=O) groups is 3. The van der Waals surface area contributed by atoms with Gasteiger partial charge < -0.3 is 19.2 Å². The normalized spacial score (nSPS) is 15.4. The molecule has 1 fully saturated rings. The summed E-state index contributed by atoms with van der Waals surface area (Å²) < 4.78 is 4.62. The number of benzene rings is 1. The first-order valence-electron chi connectivity index (χ1n) is 6.66. The Kier molecular flexibility index (Phi) is 5.11. The summed E-state index contributed by atoms with van der Waals surface area (Å²) in [6.45, 7) is 2.43. The molecule has 1 aromatic carbocycles. The van der Waals surface area contributed by atoms with Crippen LogP contribution in [0.1, 0.15) is 20.7 Å². The molecule has 0 N–H and O–H groups in total. The fourth-order valence-corrected chi connectivity index (χ4v) is 2.21. The lowest BCUT2D eigenvalue weighted by atomic mass is 9.93. The van der Waals surface area contributed by atoms with E-state index in [4.69, 9.17) is 0 Å². The van der Waals surface area contributed by atoms with E-state index in [9.17, 15) is 14.4 Å². The van der Waals surface area contributed by atoms with Crippen LogP contribution in [0.25, 0.3) is 0 Å². The zero-order chi connectivity index (χ0) is 15.2. The molecule has 0 aliphatic carbocycles. The fraction of sp³-hybridized carbons (Fsp3) is 0.357. The van der Waals surface area contributed by atoms with Gasteiger partial charge in [-0.3, -0.25) is 4.79 Å². The van der Waals surface area contributed by atoms with Gasteiger partial charge >= 0.3 is 5.97 Å². The summed E-state index contributed by atoms with van der Waals surface area (Å²) in [7, 11) is 2.81. The zero-order valence-electron chi connectivity index (χ0n) is 11.8. The lowest BCUT2D eigenvalue weighted by molar-refractivity contribution is 0.0599. The Bertz CT molecular complexity index is 524. The minimum Gasteiger partial charge on any atom is -0.465 e. The Morgan fingerprint density at radius 2 is 1.67 bits per heavy atom. The van der Waals surface area contributed by atoms with Gasteiger partial charge in [-0.2, -0.15) is 0 Å². The van der Waals surface area contributed by atoms with Gasteiger partial charge in [0.15, 0.2) is 0 Å². The van der Waals surface area contributed by atoms with E-state index < -0.39 is 5.97 Å². The number of methoxy groups -OCH3 is 1. The summed E-state index contributed by atoms with van der Waals surface area (Å²) in [6.07, 6.45) is 0.753. The quantitative estimate of drug-likeness (QED) is 0.444. The highest BCUT2D eigenvalue weighted by Crippen LogP contribution is 2.10. The Labute approximate surface area is 123 Å². The molecule has 1 saturated heterocycles. The molecule has 0 atom stereocenters. The number of ether oxygens (including phenoxy) is 1. The molecule has 109 valence electrons. The molecule has 1 aliphatic heterocycles. The smallest absolute Gasteiger partial charge is 0.337 e. The highest BCUT2D eigenvalue weighted by atomic mass is 16.5. The second kappa shape index (κ2) is 7.03. The summed E-state index contributed by atoms with van der Waals surface area (Å²) in [5, 5.41) is 0. The van der Waals surface area contributed by atoms with Gasteiger partial charge in [-0.05, 0) is 24.3 Å². The van der Waals surface area contributed by atoms with Gasteiger partial charge in [0.25, 0.3) is 13.3 Å². The molecule has 0 spiro atoms. The first kappa shape index (κ1) is 15.2. The molecule has 7 heteroatoms. The van der Waals surface area contributed by atoms with E-state index in [1.54, 1.807) is 29.2 Å². The molecule has 0 unspecified atom stereocenters. The molecule has 1 aromatic rings. The number of esters is 1. The van der Waals surface area contributed by atoms with Crippen molar-refractivity contribution in [3.63, 3.8) is 0 Å². The predicted molar refractivity (Wildman–Crippen MR) is 77.8 cm³/mol. The number of hydrogen-bond acceptors (Lipinski definition) is 5. The van der Waals surface area contributed by atoms with Crippen LogP contribution in [0.5, 0.6) is 0 Å². The number of nitrogens with zero attached hydrogens (tertiary/aromatic N) is 2. The van der Waals surface area contributed by atoms with Crippen molar-refractivity contribution in [2.45, 2.75) is 0 Å². The molecular weight excluding hydrogens is 271 g/mol. The molecule has 21 heavy (non-hydrogen) atoms. The topological polar surface area (TPSA) is 66.9 Å². The maximum atomic E-state index is 12.3. The number of piperazine rings is 1. The van der Waals surface area contributed by atoms with Crippen LogP contribution < -0.4 is 0 Å². The maximum Gasteiger partial charge on any atom is 0.337 e. The van der Waals surface area contributed by atoms with Gasteiger partial charge in [-0.1, -0.05) is 0 Å². The number of rotatable bonds is 4. The fourth-order valence-electron chi connectivity index (χ4n) is 2.21. The van der Waals surface area contributed by atoms with Gasteiger partial charge in [0.05, 0.1) is 18.9 Å². The van der Waals surface area contributed by atoms with Crippen molar-refractivity contribution in [2.75, 3.05) is 33.3 Å². The Morgan fingerprint density at radius 3 is 2.19 bits per heavy atom. The van der Waals surface area contributed by atoms with Crippen molar-refractivity contribution in [3.8, 4) is 0 Å². The van der Waals surface area contributed by atoms with E-state index >= 15 is 0 Å². The molecule has 1 aliphatic rings. The molecule has 1 amide bonds. The monoisotopic (exact) mass is 287 g/mol. The molecule has 0 bridgehead atoms. The van der Waals surface area contributed by atoms with Crippen LogP contribution >= 0.6 is 0 Å². The van der Waals surface area contributed by atoms with E-state index in [-0.39, 0.29) is 5.91 Å². The Hall–Kier alpha value is -2.15. The summed E-state index contributed by atoms with van der Waals surface area (Å²) in [5.41, 5.74) is 0.954. The van der Waals surface area contributed by atoms with Crippen LogP contribution in [-0.4, -0.2) is 68.5 Å². The largest absolute Gasteiger partial charge is 0.465 e. The van der Waals surface area contributed by atoms with Crippen LogP contribution in [0.4, 0.5) is 0 Å². The van der Waals surface area contributed by atoms with Gasteiger partial charge in [-0.25, -0.2) is 4.79 Å². The highest BCUT2D eigenvalue weighted by molar-refractivity contribution is 6.64. The third kappa shape index (κ3) is 3.69. The van der Waals surface area contributed by atoms with Crippen molar-refractivity contribution in [1.29, 1.82) is 0 Å². The van der Waals surface area contributed by atoms with Gasteiger partial charge in [0.1, 0.15) is 0 Å². The highest BCUT2D eigenvalue weighted by Gasteiger charge is 2.22. The van der Waals surface area contributed by atoms with Gasteiger partial charge in [-0.15, -0.1) is 0 Å². The van der Waals surface area contributed by atoms with Gasteiger partial charge in [0.2, 0.25) is 0 Å². The van der Waals surface area contributed by atoms with Crippen LogP contribution in [0.2, 0.25) is 0 Å². The Morgan fingerprint density at radius 1 is 1.10 bits per heavy atom. The van der Waals surface area contributed by atoms with Crippen LogP contribution in [0, 0.1) is 0 Å². The van der Waals surface area contributed by atoms with Crippen molar-refractivity contribution in [1.82, 2.24) is 9.71 Å². The molecular formula is C14H16BN2O4. The molecule has 2 rings (SSSR count). The first-order valence-corrected chi connectivity index (χ1v) is 6.66. The van der Waals surface area contributed by atoms with E-state index in [0.29, 0.717) is 37.3 Å². The van der Waals surface area contributed by atoms with Gasteiger partial charge in [0, 0.05) is 31.7 Å². The number of amides is 1. The third-order valence-electron chi connectivity index (χ3n) is 3.43. The standard InChI is InChI=1S/C14H16BN2O4/c1-21-14(20)12-4-2-11(3-5-12)13(19)16-6-8-17(9-7-16)15-10-18/h2-5,10H,6-9H2,1H3. The second-order valence-electron chi connectivity index (χ2n) is 4.68. The zero-order valence-corrected chi connectivity index (χ0v) is 11.8. The average molecular weight is 287 g/mol. The third-order valence-corrected chi connectivity index (χ3v) is 3.43. The minimum absolute atomic E-state index is 0.0721. The average Bonchev–Trinajstić information content (AvgIpc) is 2.54. The predicted octanol–water partition coefficient (Wildman–Crippen LogP) is 0.0404. The van der Waals surface area contributed by atoms with E-state index in [0.717, 1.165) is 6.19 Å². The molecule has 6 nitrogen and oxygen atoms in total. The molecule has 1 heterocycles. The summed E-state index contributed by atoms with van der Waals surface area (Å²) in [6, 6.07) is 6.40. The first-order chi connectivity index (χ1) is 10.2. The lowest BCUT2D eigenvalue weighted by Gasteiger charge is -2.33.